The molecule has 1 heterocycles. The summed E-state index contributed by atoms with van der Waals surface area (Å²) >= 11 is 6.12. The third-order valence-electron chi connectivity index (χ3n) is 4.84. The molecule has 1 aliphatic rings. The van der Waals surface area contributed by atoms with Crippen LogP contribution in [-0.2, 0) is 12.4 Å². The molecule has 114 valence electrons. The summed E-state index contributed by atoms with van der Waals surface area (Å²) in [5.74, 6) is 2.23. The van der Waals surface area contributed by atoms with Crippen molar-refractivity contribution in [1.29, 1.82) is 0 Å². The predicted octanol–water partition coefficient (Wildman–Crippen LogP) is 3.27. The minimum absolute atomic E-state index is 0.234. The standard InChI is InChI=1S/C16H22ClN3O/c1-19(2)16(7-4-8-16)11-20-14-9-12(21-3)5-6-13(14)18-15(20)10-17/h5-6,9H,4,7-8,10-11H2,1-3H3. The van der Waals surface area contributed by atoms with Crippen LogP contribution >= 0.6 is 11.6 Å². The monoisotopic (exact) mass is 307 g/mol. The smallest absolute Gasteiger partial charge is 0.124 e. The molecular formula is C16H22ClN3O. The maximum Gasteiger partial charge on any atom is 0.124 e. The van der Waals surface area contributed by atoms with Gasteiger partial charge in [0.2, 0.25) is 0 Å². The van der Waals surface area contributed by atoms with Crippen LogP contribution in [0.3, 0.4) is 0 Å². The summed E-state index contributed by atoms with van der Waals surface area (Å²) in [6, 6.07) is 6.01. The van der Waals surface area contributed by atoms with Gasteiger partial charge in [0.25, 0.3) is 0 Å². The van der Waals surface area contributed by atoms with Gasteiger partial charge < -0.3 is 14.2 Å². The van der Waals surface area contributed by atoms with Crippen molar-refractivity contribution in [1.82, 2.24) is 14.5 Å². The number of methoxy groups -OCH3 is 1. The summed E-state index contributed by atoms with van der Waals surface area (Å²) in [6.07, 6.45) is 3.75. The second-order valence-electron chi connectivity index (χ2n) is 6.07. The van der Waals surface area contributed by atoms with E-state index < -0.39 is 0 Å². The molecule has 1 saturated carbocycles. The molecule has 0 aliphatic heterocycles. The Morgan fingerprint density at radius 2 is 2.14 bits per heavy atom. The lowest BCUT2D eigenvalue weighted by atomic mass is 9.75. The van der Waals surface area contributed by atoms with Crippen LogP contribution in [0.25, 0.3) is 11.0 Å². The number of fused-ring (bicyclic) bond motifs is 1. The zero-order chi connectivity index (χ0) is 15.0. The zero-order valence-corrected chi connectivity index (χ0v) is 13.7. The van der Waals surface area contributed by atoms with E-state index in [4.69, 9.17) is 16.3 Å². The zero-order valence-electron chi connectivity index (χ0n) is 12.9. The van der Waals surface area contributed by atoms with Gasteiger partial charge in [-0.25, -0.2) is 4.98 Å². The Bertz CT molecular complexity index is 646. The summed E-state index contributed by atoms with van der Waals surface area (Å²) in [5, 5.41) is 0. The number of likely N-dealkylation sites (N-methyl/N-ethyl adjacent to an activating group) is 1. The van der Waals surface area contributed by atoms with E-state index in [-0.39, 0.29) is 5.54 Å². The number of halogens is 1. The molecule has 1 aliphatic carbocycles. The Hall–Kier alpha value is -1.26. The third kappa shape index (κ3) is 2.40. The van der Waals surface area contributed by atoms with Crippen LogP contribution in [0, 0.1) is 0 Å². The molecule has 0 atom stereocenters. The Kier molecular flexibility index (Phi) is 3.84. The molecule has 0 radical (unpaired) electrons. The van der Waals surface area contributed by atoms with Crippen molar-refractivity contribution in [2.45, 2.75) is 37.2 Å². The molecule has 0 amide bonds. The van der Waals surface area contributed by atoms with Crippen LogP contribution in [0.4, 0.5) is 0 Å². The van der Waals surface area contributed by atoms with Crippen LogP contribution < -0.4 is 4.74 Å². The van der Waals surface area contributed by atoms with Crippen molar-refractivity contribution in [2.24, 2.45) is 0 Å². The summed E-state index contributed by atoms with van der Waals surface area (Å²) in [6.45, 7) is 0.936. The Morgan fingerprint density at radius 1 is 1.38 bits per heavy atom. The molecule has 4 nitrogen and oxygen atoms in total. The van der Waals surface area contributed by atoms with E-state index in [1.807, 2.05) is 12.1 Å². The van der Waals surface area contributed by atoms with Crippen molar-refractivity contribution >= 4 is 22.6 Å². The largest absolute Gasteiger partial charge is 0.497 e. The first-order valence-electron chi connectivity index (χ1n) is 7.36. The van der Waals surface area contributed by atoms with Gasteiger partial charge in [-0.05, 0) is 45.5 Å². The quantitative estimate of drug-likeness (QED) is 0.794. The normalized spacial score (nSPS) is 17.2. The maximum absolute atomic E-state index is 6.12. The van der Waals surface area contributed by atoms with Gasteiger partial charge in [0, 0.05) is 18.2 Å². The van der Waals surface area contributed by atoms with Gasteiger partial charge in [0.05, 0.1) is 24.0 Å². The fraction of sp³-hybridized carbons (Fsp3) is 0.562. The molecule has 0 spiro atoms. The molecule has 1 fully saturated rings. The summed E-state index contributed by atoms with van der Waals surface area (Å²) < 4.78 is 7.62. The van der Waals surface area contributed by atoms with Gasteiger partial charge in [-0.3, -0.25) is 0 Å². The minimum atomic E-state index is 0.234. The van der Waals surface area contributed by atoms with Gasteiger partial charge in [-0.15, -0.1) is 11.6 Å². The van der Waals surface area contributed by atoms with Crippen LogP contribution in [0.2, 0.25) is 0 Å². The second-order valence-corrected chi connectivity index (χ2v) is 6.34. The van der Waals surface area contributed by atoms with Gasteiger partial charge in [-0.1, -0.05) is 0 Å². The van der Waals surface area contributed by atoms with Crippen molar-refractivity contribution in [3.63, 3.8) is 0 Å². The van der Waals surface area contributed by atoms with E-state index in [9.17, 15) is 0 Å². The Morgan fingerprint density at radius 3 is 2.67 bits per heavy atom. The molecule has 2 aromatic rings. The van der Waals surface area contributed by atoms with Crippen LogP contribution in [0.1, 0.15) is 25.1 Å². The molecule has 1 aromatic heterocycles. The average molecular weight is 308 g/mol. The van der Waals surface area contributed by atoms with E-state index in [2.05, 4.69) is 34.6 Å². The first-order chi connectivity index (χ1) is 10.1. The number of alkyl halides is 1. The van der Waals surface area contributed by atoms with E-state index in [0.29, 0.717) is 5.88 Å². The van der Waals surface area contributed by atoms with Crippen LogP contribution in [-0.4, -0.2) is 41.2 Å². The highest BCUT2D eigenvalue weighted by molar-refractivity contribution is 6.16. The van der Waals surface area contributed by atoms with Gasteiger partial charge in [-0.2, -0.15) is 0 Å². The lowest BCUT2D eigenvalue weighted by Gasteiger charge is -2.47. The van der Waals surface area contributed by atoms with E-state index in [0.717, 1.165) is 29.2 Å². The minimum Gasteiger partial charge on any atom is -0.497 e. The summed E-state index contributed by atoms with van der Waals surface area (Å²) in [5.41, 5.74) is 2.33. The van der Waals surface area contributed by atoms with Gasteiger partial charge in [0.1, 0.15) is 11.6 Å². The Labute approximate surface area is 130 Å². The molecule has 5 heteroatoms. The molecule has 1 aromatic carbocycles. The number of rotatable bonds is 5. The lowest BCUT2D eigenvalue weighted by Crippen LogP contribution is -2.53. The highest BCUT2D eigenvalue weighted by Crippen LogP contribution is 2.39. The lowest BCUT2D eigenvalue weighted by molar-refractivity contribution is 0.0429. The first-order valence-corrected chi connectivity index (χ1v) is 7.90. The number of hydrogen-bond acceptors (Lipinski definition) is 3. The molecule has 0 N–H and O–H groups in total. The van der Waals surface area contributed by atoms with Crippen molar-refractivity contribution in [3.8, 4) is 5.75 Å². The highest BCUT2D eigenvalue weighted by atomic mass is 35.5. The molecule has 0 unspecified atom stereocenters. The second kappa shape index (κ2) is 5.50. The van der Waals surface area contributed by atoms with E-state index in [1.54, 1.807) is 7.11 Å². The molecule has 21 heavy (non-hydrogen) atoms. The number of hydrogen-bond donors (Lipinski definition) is 0. The molecule has 3 rings (SSSR count). The fourth-order valence-electron chi connectivity index (χ4n) is 3.18. The maximum atomic E-state index is 6.12. The fourth-order valence-corrected chi connectivity index (χ4v) is 3.39. The van der Waals surface area contributed by atoms with Gasteiger partial charge >= 0.3 is 0 Å². The number of imidazole rings is 1. The Balaban J connectivity index is 2.07. The SMILES string of the molecule is COc1ccc2nc(CCl)n(CC3(N(C)C)CCC3)c2c1. The van der Waals surface area contributed by atoms with Crippen molar-refractivity contribution in [2.75, 3.05) is 21.2 Å². The number of nitrogens with zero attached hydrogens (tertiary/aromatic N) is 3. The first kappa shape index (κ1) is 14.7. The number of aromatic nitrogens is 2. The van der Waals surface area contributed by atoms with E-state index in [1.165, 1.54) is 19.3 Å². The molecular weight excluding hydrogens is 286 g/mol. The van der Waals surface area contributed by atoms with Crippen LogP contribution in [0.15, 0.2) is 18.2 Å². The molecule has 0 bridgehead atoms. The van der Waals surface area contributed by atoms with E-state index >= 15 is 0 Å². The predicted molar refractivity (Wildman–Crippen MR) is 86.1 cm³/mol. The highest BCUT2D eigenvalue weighted by Gasteiger charge is 2.40. The number of benzene rings is 1. The third-order valence-corrected chi connectivity index (χ3v) is 5.08. The molecule has 0 saturated heterocycles. The van der Waals surface area contributed by atoms with Gasteiger partial charge in [0.15, 0.2) is 0 Å². The van der Waals surface area contributed by atoms with Crippen molar-refractivity contribution < 1.29 is 4.74 Å². The van der Waals surface area contributed by atoms with Crippen molar-refractivity contribution in [3.05, 3.63) is 24.0 Å². The summed E-state index contributed by atoms with van der Waals surface area (Å²) in [7, 11) is 6.02. The number of ether oxygens (including phenoxy) is 1. The topological polar surface area (TPSA) is 30.3 Å². The average Bonchev–Trinajstić information content (AvgIpc) is 2.78. The van der Waals surface area contributed by atoms with Crippen LogP contribution in [0.5, 0.6) is 5.75 Å². The summed E-state index contributed by atoms with van der Waals surface area (Å²) in [4.78, 5) is 7.01.